The van der Waals surface area contributed by atoms with Crippen molar-refractivity contribution in [2.45, 2.75) is 51.6 Å². The summed E-state index contributed by atoms with van der Waals surface area (Å²) in [5, 5.41) is 0. The van der Waals surface area contributed by atoms with Crippen LogP contribution in [0.3, 0.4) is 0 Å². The smallest absolute Gasteiger partial charge is 0.252 e. The van der Waals surface area contributed by atoms with Gasteiger partial charge >= 0.3 is 0 Å². The van der Waals surface area contributed by atoms with Gasteiger partial charge in [-0.3, -0.25) is 9.59 Å². The van der Waals surface area contributed by atoms with Crippen LogP contribution in [0, 0.1) is 31.3 Å². The fourth-order valence-electron chi connectivity index (χ4n) is 4.97. The van der Waals surface area contributed by atoms with E-state index in [1.807, 2.05) is 19.9 Å². The molecule has 2 aliphatic rings. The number of halogens is 1. The van der Waals surface area contributed by atoms with Crippen LogP contribution < -0.4 is 14.4 Å². The minimum atomic E-state index is -4.21. The zero-order valence-electron chi connectivity index (χ0n) is 21.4. The molecule has 3 aromatic rings. The number of hydrogen-bond acceptors (Lipinski definition) is 6. The molecular formula is C28H27IN2O6S. The Morgan fingerprint density at radius 1 is 0.921 bits per heavy atom. The zero-order chi connectivity index (χ0) is 27.4. The highest BCUT2D eigenvalue weighted by molar-refractivity contribution is 14.1. The molecule has 198 valence electrons. The molecule has 0 saturated carbocycles. The van der Waals surface area contributed by atoms with Crippen molar-refractivity contribution in [3.8, 4) is 11.5 Å². The van der Waals surface area contributed by atoms with Gasteiger partial charge in [-0.15, -0.1) is 0 Å². The van der Waals surface area contributed by atoms with Crippen molar-refractivity contribution in [1.29, 1.82) is 0 Å². The largest absolute Gasteiger partial charge is 0.454 e. The number of sulfonamides is 1. The van der Waals surface area contributed by atoms with E-state index in [-0.39, 0.29) is 24.7 Å². The van der Waals surface area contributed by atoms with Gasteiger partial charge in [0.1, 0.15) is 6.04 Å². The number of imide groups is 1. The van der Waals surface area contributed by atoms with Gasteiger partial charge in [0.15, 0.2) is 11.5 Å². The van der Waals surface area contributed by atoms with Crippen molar-refractivity contribution < 1.29 is 27.5 Å². The molecule has 1 saturated heterocycles. The second-order valence-corrected chi connectivity index (χ2v) is 12.7. The quantitative estimate of drug-likeness (QED) is 0.283. The molecule has 0 spiro atoms. The van der Waals surface area contributed by atoms with Crippen molar-refractivity contribution >= 4 is 50.1 Å². The molecule has 1 atom stereocenters. The predicted molar refractivity (Wildman–Crippen MR) is 151 cm³/mol. The minimum absolute atomic E-state index is 0.0857. The summed E-state index contributed by atoms with van der Waals surface area (Å²) in [4.78, 5) is 28.2. The highest BCUT2D eigenvalue weighted by atomic mass is 127. The number of carbonyl (C=O) groups is 2. The maximum atomic E-state index is 14.4. The minimum Gasteiger partial charge on any atom is -0.454 e. The van der Waals surface area contributed by atoms with E-state index in [0.717, 1.165) is 19.6 Å². The number of amides is 2. The van der Waals surface area contributed by atoms with E-state index < -0.39 is 27.9 Å². The van der Waals surface area contributed by atoms with Crippen LogP contribution in [0.4, 0.5) is 5.69 Å². The van der Waals surface area contributed by atoms with Crippen molar-refractivity contribution in [2.75, 3.05) is 11.7 Å². The van der Waals surface area contributed by atoms with E-state index in [1.54, 1.807) is 56.3 Å². The summed E-state index contributed by atoms with van der Waals surface area (Å²) in [6.07, 6.45) is -0.252. The molecule has 8 nitrogen and oxygen atoms in total. The Labute approximate surface area is 235 Å². The van der Waals surface area contributed by atoms with Crippen LogP contribution in [0.15, 0.2) is 53.4 Å². The Morgan fingerprint density at radius 3 is 2.21 bits per heavy atom. The van der Waals surface area contributed by atoms with E-state index in [0.29, 0.717) is 33.9 Å². The molecule has 0 bridgehead atoms. The molecule has 2 heterocycles. The number of ether oxygens (including phenoxy) is 2. The summed E-state index contributed by atoms with van der Waals surface area (Å²) in [6.45, 7) is 7.24. The molecule has 5 rings (SSSR count). The third-order valence-corrected chi connectivity index (χ3v) is 10.0. The second-order valence-electron chi connectivity index (χ2n) is 9.59. The summed E-state index contributed by atoms with van der Waals surface area (Å²) in [5.41, 5.74) is 3.95. The van der Waals surface area contributed by atoms with Crippen molar-refractivity contribution in [1.82, 2.24) is 4.31 Å². The lowest BCUT2D eigenvalue weighted by Crippen LogP contribution is -2.45. The fourth-order valence-corrected chi connectivity index (χ4v) is 7.48. The number of hydrogen-bond donors (Lipinski definition) is 0. The average Bonchev–Trinajstić information content (AvgIpc) is 3.45. The maximum Gasteiger partial charge on any atom is 0.252 e. The normalized spacial score (nSPS) is 17.1. The molecule has 10 heteroatoms. The molecule has 0 radical (unpaired) electrons. The Hall–Kier alpha value is -2.96. The average molecular weight is 647 g/mol. The van der Waals surface area contributed by atoms with Crippen LogP contribution in [0.1, 0.15) is 34.2 Å². The number of benzene rings is 3. The maximum absolute atomic E-state index is 14.4. The first-order chi connectivity index (χ1) is 18.0. The number of fused-ring (bicyclic) bond motifs is 1. The zero-order valence-corrected chi connectivity index (χ0v) is 24.4. The van der Waals surface area contributed by atoms with Gasteiger partial charge in [-0.25, -0.2) is 13.3 Å². The summed E-state index contributed by atoms with van der Waals surface area (Å²) < 4.78 is 41.9. The lowest BCUT2D eigenvalue weighted by Gasteiger charge is -2.29. The van der Waals surface area contributed by atoms with E-state index in [4.69, 9.17) is 9.47 Å². The van der Waals surface area contributed by atoms with Crippen molar-refractivity contribution in [3.05, 3.63) is 79.9 Å². The van der Waals surface area contributed by atoms with Gasteiger partial charge < -0.3 is 9.47 Å². The molecule has 1 unspecified atom stereocenters. The molecule has 1 fully saturated rings. The fraction of sp³-hybridized carbons (Fsp3) is 0.286. The van der Waals surface area contributed by atoms with Gasteiger partial charge in [0, 0.05) is 10.1 Å². The highest BCUT2D eigenvalue weighted by Crippen LogP contribution is 2.37. The molecule has 0 aromatic heterocycles. The monoisotopic (exact) mass is 646 g/mol. The number of aryl methyl sites for hydroxylation is 2. The number of nitrogens with zero attached hydrogens (tertiary/aromatic N) is 2. The van der Waals surface area contributed by atoms with Crippen LogP contribution in [-0.2, 0) is 26.2 Å². The Kier molecular flexibility index (Phi) is 6.99. The van der Waals surface area contributed by atoms with E-state index in [2.05, 4.69) is 22.6 Å². The first kappa shape index (κ1) is 26.6. The van der Waals surface area contributed by atoms with Crippen LogP contribution in [-0.4, -0.2) is 37.4 Å². The molecular weight excluding hydrogens is 619 g/mol. The molecule has 2 aliphatic heterocycles. The van der Waals surface area contributed by atoms with Crippen LogP contribution in [0.2, 0.25) is 0 Å². The van der Waals surface area contributed by atoms with Crippen LogP contribution >= 0.6 is 22.6 Å². The summed E-state index contributed by atoms with van der Waals surface area (Å²) in [7, 11) is -4.21. The van der Waals surface area contributed by atoms with Gasteiger partial charge in [-0.05, 0) is 115 Å². The van der Waals surface area contributed by atoms with Crippen molar-refractivity contribution in [2.24, 2.45) is 0 Å². The summed E-state index contributed by atoms with van der Waals surface area (Å²) >= 11 is 2.14. The molecule has 0 N–H and O–H groups in total. The summed E-state index contributed by atoms with van der Waals surface area (Å²) in [6, 6.07) is 12.9. The Morgan fingerprint density at radius 2 is 1.55 bits per heavy atom. The van der Waals surface area contributed by atoms with Gasteiger partial charge in [-0.2, -0.15) is 4.31 Å². The highest BCUT2D eigenvalue weighted by Gasteiger charge is 2.47. The first-order valence-corrected chi connectivity index (χ1v) is 14.6. The summed E-state index contributed by atoms with van der Waals surface area (Å²) in [5.74, 6) is 0.0651. The third kappa shape index (κ3) is 4.58. The van der Waals surface area contributed by atoms with E-state index in [9.17, 15) is 18.0 Å². The topological polar surface area (TPSA) is 93.2 Å². The number of carbonyl (C=O) groups excluding carboxylic acids is 2. The molecule has 38 heavy (non-hydrogen) atoms. The second kappa shape index (κ2) is 9.97. The number of anilines is 1. The van der Waals surface area contributed by atoms with Crippen molar-refractivity contribution in [3.63, 3.8) is 0 Å². The van der Waals surface area contributed by atoms with E-state index in [1.165, 1.54) is 4.31 Å². The molecule has 3 aromatic carbocycles. The Balaban J connectivity index is 1.62. The van der Waals surface area contributed by atoms with Gasteiger partial charge in [0.05, 0.1) is 17.0 Å². The predicted octanol–water partition coefficient (Wildman–Crippen LogP) is 4.78. The standard InChI is InChI=1S/C28H27IN2O6S/c1-16-11-17(2)19(4)27(18(16)3)38(34,35)30(14-20-5-10-24-25(12-20)37-15-36-24)23-13-26(32)31(28(23)33)22-8-6-21(29)7-9-22/h5-12,23H,13-15H2,1-4H3. The lowest BCUT2D eigenvalue weighted by atomic mass is 10.0. The Bertz CT molecular complexity index is 1540. The van der Waals surface area contributed by atoms with Crippen LogP contribution in [0.5, 0.6) is 11.5 Å². The molecule has 2 amide bonds. The van der Waals surface area contributed by atoms with Gasteiger partial charge in [-0.1, -0.05) is 12.1 Å². The van der Waals surface area contributed by atoms with Crippen LogP contribution in [0.25, 0.3) is 0 Å². The first-order valence-electron chi connectivity index (χ1n) is 12.1. The third-order valence-electron chi connectivity index (χ3n) is 7.19. The SMILES string of the molecule is Cc1cc(C)c(C)c(S(=O)(=O)N(Cc2ccc3c(c2)OCO3)C2CC(=O)N(c3ccc(I)cc3)C2=O)c1C. The molecule has 0 aliphatic carbocycles. The van der Waals surface area contributed by atoms with Gasteiger partial charge in [0.25, 0.3) is 5.91 Å². The number of rotatable bonds is 6. The lowest BCUT2D eigenvalue weighted by molar-refractivity contribution is -0.122. The van der Waals surface area contributed by atoms with Gasteiger partial charge in [0.2, 0.25) is 22.7 Å². The van der Waals surface area contributed by atoms with E-state index >= 15 is 0 Å².